The molecule has 0 radical (unpaired) electrons. The first-order valence-corrected chi connectivity index (χ1v) is 9.91. The van der Waals surface area contributed by atoms with Crippen LogP contribution in [0.3, 0.4) is 0 Å². The Hall–Kier alpha value is -2.74. The van der Waals surface area contributed by atoms with Crippen molar-refractivity contribution in [3.63, 3.8) is 0 Å². The number of thiophene rings is 1. The van der Waals surface area contributed by atoms with E-state index in [1.54, 1.807) is 23.4 Å². The number of rotatable bonds is 4. The number of pyridine rings is 1. The van der Waals surface area contributed by atoms with Crippen molar-refractivity contribution in [1.82, 2.24) is 19.7 Å². The van der Waals surface area contributed by atoms with Gasteiger partial charge in [-0.3, -0.25) is 9.59 Å². The molecular weight excluding hydrogens is 362 g/mol. The molecule has 27 heavy (non-hydrogen) atoms. The molecule has 4 rings (SSSR count). The highest BCUT2D eigenvalue weighted by Crippen LogP contribution is 2.24. The number of hydrogen-bond acceptors (Lipinski definition) is 5. The Morgan fingerprint density at radius 2 is 2.19 bits per heavy atom. The Morgan fingerprint density at radius 3 is 2.93 bits per heavy atom. The average molecular weight is 383 g/mol. The van der Waals surface area contributed by atoms with Gasteiger partial charge in [0, 0.05) is 18.0 Å². The average Bonchev–Trinajstić information content (AvgIpc) is 3.39. The van der Waals surface area contributed by atoms with Gasteiger partial charge in [-0.1, -0.05) is 6.07 Å². The molecule has 0 aromatic carbocycles. The summed E-state index contributed by atoms with van der Waals surface area (Å²) in [6.45, 7) is 4.69. The van der Waals surface area contributed by atoms with Gasteiger partial charge in [0.15, 0.2) is 5.65 Å². The van der Waals surface area contributed by atoms with Crippen LogP contribution >= 0.6 is 11.3 Å². The van der Waals surface area contributed by atoms with Crippen LogP contribution in [0.2, 0.25) is 0 Å². The first-order valence-electron chi connectivity index (χ1n) is 9.03. The van der Waals surface area contributed by atoms with Crippen LogP contribution in [0.15, 0.2) is 36.0 Å². The van der Waals surface area contributed by atoms with E-state index in [1.807, 2.05) is 36.0 Å². The van der Waals surface area contributed by atoms with E-state index in [2.05, 4.69) is 15.4 Å². The van der Waals surface area contributed by atoms with Gasteiger partial charge in [-0.25, -0.2) is 9.67 Å². The van der Waals surface area contributed by atoms with Crippen molar-refractivity contribution in [3.05, 3.63) is 40.8 Å². The lowest BCUT2D eigenvalue weighted by Crippen LogP contribution is -2.42. The van der Waals surface area contributed by atoms with Crippen molar-refractivity contribution in [2.24, 2.45) is 0 Å². The molecule has 0 saturated carbocycles. The van der Waals surface area contributed by atoms with Gasteiger partial charge in [-0.15, -0.1) is 11.3 Å². The number of aromatic nitrogens is 3. The van der Waals surface area contributed by atoms with Gasteiger partial charge in [0.1, 0.15) is 6.04 Å². The summed E-state index contributed by atoms with van der Waals surface area (Å²) in [6, 6.07) is 5.28. The topological polar surface area (TPSA) is 80.1 Å². The molecular formula is C19H21N5O2S. The van der Waals surface area contributed by atoms with Gasteiger partial charge in [0.2, 0.25) is 5.91 Å². The van der Waals surface area contributed by atoms with E-state index in [0.29, 0.717) is 23.5 Å². The number of carbonyl (C=O) groups is 2. The van der Waals surface area contributed by atoms with E-state index < -0.39 is 6.04 Å². The molecule has 0 aliphatic carbocycles. The molecule has 8 heteroatoms. The van der Waals surface area contributed by atoms with E-state index >= 15 is 0 Å². The first kappa shape index (κ1) is 17.7. The normalized spacial score (nSPS) is 17.0. The molecule has 0 unspecified atom stereocenters. The van der Waals surface area contributed by atoms with Gasteiger partial charge < -0.3 is 10.2 Å². The Bertz CT molecular complexity index is 979. The number of nitrogens with zero attached hydrogens (tertiary/aromatic N) is 4. The molecule has 4 heterocycles. The van der Waals surface area contributed by atoms with E-state index in [0.717, 1.165) is 17.5 Å². The van der Waals surface area contributed by atoms with Crippen LogP contribution in [-0.4, -0.2) is 44.1 Å². The summed E-state index contributed by atoms with van der Waals surface area (Å²) in [5.74, 6) is -0.246. The van der Waals surface area contributed by atoms with E-state index in [4.69, 9.17) is 0 Å². The number of likely N-dealkylation sites (tertiary alicyclic amines) is 1. The Balaban J connectivity index is 1.51. The quantitative estimate of drug-likeness (QED) is 0.749. The van der Waals surface area contributed by atoms with Crippen molar-refractivity contribution < 1.29 is 9.59 Å². The first-order chi connectivity index (χ1) is 13.0. The van der Waals surface area contributed by atoms with Crippen LogP contribution in [0, 0.1) is 0 Å². The Kier molecular flexibility index (Phi) is 4.65. The molecule has 2 amide bonds. The van der Waals surface area contributed by atoms with E-state index in [-0.39, 0.29) is 17.9 Å². The summed E-state index contributed by atoms with van der Waals surface area (Å²) in [5, 5.41) is 10.0. The highest BCUT2D eigenvalue weighted by atomic mass is 32.1. The van der Waals surface area contributed by atoms with Gasteiger partial charge in [-0.05, 0) is 44.2 Å². The lowest BCUT2D eigenvalue weighted by Gasteiger charge is -2.23. The lowest BCUT2D eigenvalue weighted by molar-refractivity contribution is -0.119. The summed E-state index contributed by atoms with van der Waals surface area (Å²) in [6.07, 6.45) is 4.89. The maximum absolute atomic E-state index is 12.8. The second kappa shape index (κ2) is 7.11. The lowest BCUT2D eigenvalue weighted by atomic mass is 10.2. The molecule has 3 aromatic rings. The van der Waals surface area contributed by atoms with E-state index in [9.17, 15) is 9.59 Å². The SMILES string of the molecule is CC(C)n1ncc2cc(NC(=O)[C@H]3CCCN3C(=O)c3cccs3)cnc21. The fraction of sp³-hybridized carbons (Fsp3) is 0.368. The summed E-state index contributed by atoms with van der Waals surface area (Å²) in [4.78, 5) is 32.2. The summed E-state index contributed by atoms with van der Waals surface area (Å²) < 4.78 is 1.85. The van der Waals surface area contributed by atoms with Crippen LogP contribution in [0.25, 0.3) is 11.0 Å². The molecule has 1 fully saturated rings. The van der Waals surface area contributed by atoms with Crippen molar-refractivity contribution in [1.29, 1.82) is 0 Å². The van der Waals surface area contributed by atoms with Gasteiger partial charge >= 0.3 is 0 Å². The van der Waals surface area contributed by atoms with Crippen molar-refractivity contribution in [3.8, 4) is 0 Å². The van der Waals surface area contributed by atoms with Crippen LogP contribution in [0.5, 0.6) is 0 Å². The molecule has 7 nitrogen and oxygen atoms in total. The van der Waals surface area contributed by atoms with Gasteiger partial charge in [0.25, 0.3) is 5.91 Å². The third-order valence-corrected chi connectivity index (χ3v) is 5.60. The minimum atomic E-state index is -0.450. The van der Waals surface area contributed by atoms with Gasteiger partial charge in [-0.2, -0.15) is 5.10 Å². The molecule has 1 aliphatic heterocycles. The predicted octanol–water partition coefficient (Wildman–Crippen LogP) is 3.32. The van der Waals surface area contributed by atoms with Crippen molar-refractivity contribution >= 4 is 39.9 Å². The molecule has 1 atom stereocenters. The van der Waals surface area contributed by atoms with Crippen LogP contribution in [-0.2, 0) is 4.79 Å². The summed E-state index contributed by atoms with van der Waals surface area (Å²) in [5.41, 5.74) is 1.41. The number of amides is 2. The highest BCUT2D eigenvalue weighted by molar-refractivity contribution is 7.12. The number of carbonyl (C=O) groups excluding carboxylic acids is 2. The third kappa shape index (κ3) is 3.32. The number of nitrogens with one attached hydrogen (secondary N) is 1. The molecule has 1 aliphatic rings. The summed E-state index contributed by atoms with van der Waals surface area (Å²) >= 11 is 1.40. The fourth-order valence-corrected chi connectivity index (χ4v) is 4.12. The predicted molar refractivity (Wildman–Crippen MR) is 105 cm³/mol. The maximum atomic E-state index is 12.8. The largest absolute Gasteiger partial charge is 0.326 e. The number of fused-ring (bicyclic) bond motifs is 1. The number of hydrogen-bond donors (Lipinski definition) is 1. The second-order valence-corrected chi connectivity index (χ2v) is 7.89. The smallest absolute Gasteiger partial charge is 0.264 e. The van der Waals surface area contributed by atoms with Crippen molar-refractivity contribution in [2.75, 3.05) is 11.9 Å². The Labute approximate surface area is 161 Å². The fourth-order valence-electron chi connectivity index (χ4n) is 3.44. The highest BCUT2D eigenvalue weighted by Gasteiger charge is 2.35. The molecule has 1 N–H and O–H groups in total. The Morgan fingerprint density at radius 1 is 1.33 bits per heavy atom. The molecule has 140 valence electrons. The molecule has 0 bridgehead atoms. The van der Waals surface area contributed by atoms with Crippen LogP contribution < -0.4 is 5.32 Å². The van der Waals surface area contributed by atoms with Gasteiger partial charge in [0.05, 0.1) is 23.0 Å². The van der Waals surface area contributed by atoms with Crippen LogP contribution in [0.4, 0.5) is 5.69 Å². The second-order valence-electron chi connectivity index (χ2n) is 6.94. The zero-order valence-corrected chi connectivity index (χ0v) is 16.1. The molecule has 3 aromatic heterocycles. The maximum Gasteiger partial charge on any atom is 0.264 e. The summed E-state index contributed by atoms with van der Waals surface area (Å²) in [7, 11) is 0. The minimum Gasteiger partial charge on any atom is -0.326 e. The molecule has 0 spiro atoms. The minimum absolute atomic E-state index is 0.0746. The standard InChI is InChI=1S/C19H21N5O2S/c1-12(2)24-17-13(10-21-24)9-14(11-20-17)22-18(25)15-5-3-7-23(15)19(26)16-6-4-8-27-16/h4,6,8-12,15H,3,5,7H2,1-2H3,(H,22,25)/t15-/m1/s1. The zero-order valence-electron chi connectivity index (χ0n) is 15.3. The van der Waals surface area contributed by atoms with Crippen LogP contribution in [0.1, 0.15) is 42.4 Å². The molecule has 1 saturated heterocycles. The third-order valence-electron chi connectivity index (χ3n) is 4.74. The monoisotopic (exact) mass is 383 g/mol. The number of anilines is 1. The van der Waals surface area contributed by atoms with Crippen molar-refractivity contribution in [2.45, 2.75) is 38.8 Å². The van der Waals surface area contributed by atoms with E-state index in [1.165, 1.54) is 11.3 Å². The zero-order chi connectivity index (χ0) is 19.0.